The van der Waals surface area contributed by atoms with Gasteiger partial charge in [-0.2, -0.15) is 5.10 Å². The normalized spacial score (nSPS) is 23.1. The molecule has 2 amide bonds. The second-order valence-electron chi connectivity index (χ2n) is 14.4. The van der Waals surface area contributed by atoms with Gasteiger partial charge in [0.15, 0.2) is 0 Å². The van der Waals surface area contributed by atoms with Crippen molar-refractivity contribution < 1.29 is 19.1 Å². The Morgan fingerprint density at radius 2 is 1.73 bits per heavy atom. The van der Waals surface area contributed by atoms with E-state index in [1.165, 1.54) is 0 Å². The third-order valence-corrected chi connectivity index (χ3v) is 10.8. The Hall–Kier alpha value is -3.95. The van der Waals surface area contributed by atoms with E-state index in [2.05, 4.69) is 38.1 Å². The van der Waals surface area contributed by atoms with Crippen molar-refractivity contribution in [2.45, 2.75) is 104 Å². The van der Waals surface area contributed by atoms with Gasteiger partial charge in [-0.3, -0.25) is 19.4 Å². The van der Waals surface area contributed by atoms with E-state index >= 15 is 0 Å². The molecular formula is C38H52N6O4. The molecule has 1 saturated heterocycles. The van der Waals surface area contributed by atoms with Crippen LogP contribution in [0.2, 0.25) is 0 Å². The largest absolute Gasteiger partial charge is 0.495 e. The summed E-state index contributed by atoms with van der Waals surface area (Å²) < 4.78 is 13.2. The van der Waals surface area contributed by atoms with E-state index in [9.17, 15) is 9.59 Å². The number of ether oxygens (including phenoxy) is 2. The average Bonchev–Trinajstić information content (AvgIpc) is 3.58. The summed E-state index contributed by atoms with van der Waals surface area (Å²) in [6, 6.07) is 8.42. The zero-order valence-corrected chi connectivity index (χ0v) is 29.3. The lowest BCUT2D eigenvalue weighted by atomic mass is 9.79. The van der Waals surface area contributed by atoms with Crippen LogP contribution < -0.4 is 9.64 Å². The van der Waals surface area contributed by atoms with Crippen molar-refractivity contribution in [2.75, 3.05) is 31.6 Å². The van der Waals surface area contributed by atoms with Crippen LogP contribution in [0.1, 0.15) is 102 Å². The van der Waals surface area contributed by atoms with Gasteiger partial charge < -0.3 is 14.4 Å². The van der Waals surface area contributed by atoms with E-state index in [1.807, 2.05) is 47.1 Å². The van der Waals surface area contributed by atoms with Gasteiger partial charge in [-0.1, -0.05) is 6.92 Å². The number of methoxy groups -OCH3 is 1. The summed E-state index contributed by atoms with van der Waals surface area (Å²) in [5, 5.41) is 4.54. The number of aryl methyl sites for hydroxylation is 1. The summed E-state index contributed by atoms with van der Waals surface area (Å²) in [5.41, 5.74) is 4.07. The lowest BCUT2D eigenvalue weighted by Crippen LogP contribution is -2.50. The number of pyridine rings is 2. The third-order valence-electron chi connectivity index (χ3n) is 10.8. The van der Waals surface area contributed by atoms with Gasteiger partial charge in [0.05, 0.1) is 19.0 Å². The summed E-state index contributed by atoms with van der Waals surface area (Å²) in [4.78, 5) is 40.4. The quantitative estimate of drug-likeness (QED) is 0.222. The van der Waals surface area contributed by atoms with Crippen molar-refractivity contribution in [3.05, 3.63) is 54.2 Å². The molecule has 4 heterocycles. The van der Waals surface area contributed by atoms with Crippen LogP contribution in [0.3, 0.4) is 0 Å². The molecule has 10 nitrogen and oxygen atoms in total. The Kier molecular flexibility index (Phi) is 10.7. The molecule has 0 radical (unpaired) electrons. The molecule has 3 fully saturated rings. The van der Waals surface area contributed by atoms with E-state index in [1.54, 1.807) is 12.0 Å². The standard InChI is InChI=1S/C38H52N6O4/c1-6-27-21-42(22-27)38(46)48-33-13-11-30(12-14-33)37(45)43(36-19-31(17-18-39-36)32-20-40-44(24-32)25(2)3)23-28-7-9-29(10-8-28)34-15-16-35(47-5)26(4)41-34/h15-20,24-25,27-30,33H,6-14,21-23H2,1-5H3/t28-,29-,30-,33-. The molecule has 6 rings (SSSR count). The number of carbonyl (C=O) groups excluding carboxylic acids is 2. The highest BCUT2D eigenvalue weighted by atomic mass is 16.6. The highest BCUT2D eigenvalue weighted by Crippen LogP contribution is 2.38. The van der Waals surface area contributed by atoms with E-state index in [0.717, 1.165) is 73.5 Å². The fourth-order valence-electron chi connectivity index (χ4n) is 7.56. The maximum Gasteiger partial charge on any atom is 0.410 e. The molecular weight excluding hydrogens is 604 g/mol. The second-order valence-corrected chi connectivity index (χ2v) is 14.4. The first-order valence-electron chi connectivity index (χ1n) is 18.0. The maximum absolute atomic E-state index is 14.4. The smallest absolute Gasteiger partial charge is 0.410 e. The van der Waals surface area contributed by atoms with Crippen molar-refractivity contribution in [1.82, 2.24) is 24.6 Å². The Morgan fingerprint density at radius 3 is 2.38 bits per heavy atom. The molecule has 0 bridgehead atoms. The van der Waals surface area contributed by atoms with Crippen molar-refractivity contribution in [3.63, 3.8) is 0 Å². The SMILES string of the molecule is CCC1CN(C(=O)O[C@H]2CC[C@H](C(=O)N(C[C@H]3CC[C@H](c4ccc(OC)c(C)n4)CC3)c3cc(-c4cnn(C(C)C)c4)ccn3)CC2)C1. The zero-order valence-electron chi connectivity index (χ0n) is 29.3. The van der Waals surface area contributed by atoms with Crippen LogP contribution in [0.5, 0.6) is 5.75 Å². The molecule has 0 unspecified atom stereocenters. The van der Waals surface area contributed by atoms with Crippen LogP contribution in [0.25, 0.3) is 11.1 Å². The minimum atomic E-state index is -0.200. The molecule has 3 aromatic heterocycles. The van der Waals surface area contributed by atoms with Crippen LogP contribution in [0.15, 0.2) is 42.9 Å². The Bertz CT molecular complexity index is 1550. The summed E-state index contributed by atoms with van der Waals surface area (Å²) in [5.74, 6) is 2.91. The predicted molar refractivity (Wildman–Crippen MR) is 186 cm³/mol. The number of likely N-dealkylation sites (tertiary alicyclic amines) is 1. The minimum Gasteiger partial charge on any atom is -0.495 e. The van der Waals surface area contributed by atoms with Gasteiger partial charge in [0.2, 0.25) is 5.91 Å². The molecule has 10 heteroatoms. The third kappa shape index (κ3) is 7.68. The number of anilines is 1. The molecule has 0 N–H and O–H groups in total. The molecule has 3 aromatic rings. The minimum absolute atomic E-state index is 0.120. The zero-order chi connectivity index (χ0) is 33.8. The summed E-state index contributed by atoms with van der Waals surface area (Å²) in [7, 11) is 1.68. The second kappa shape index (κ2) is 15.1. The first kappa shape index (κ1) is 33.9. The molecule has 2 aliphatic carbocycles. The highest BCUT2D eigenvalue weighted by Gasteiger charge is 2.36. The highest BCUT2D eigenvalue weighted by molar-refractivity contribution is 5.94. The molecule has 0 aromatic carbocycles. The summed E-state index contributed by atoms with van der Waals surface area (Å²) in [6.07, 6.45) is 13.5. The Morgan fingerprint density at radius 1 is 0.979 bits per heavy atom. The van der Waals surface area contributed by atoms with Gasteiger partial charge in [-0.15, -0.1) is 0 Å². The van der Waals surface area contributed by atoms with Gasteiger partial charge in [-0.05, 0) is 120 Å². The molecule has 1 aliphatic heterocycles. The summed E-state index contributed by atoms with van der Waals surface area (Å²) in [6.45, 7) is 10.6. The van der Waals surface area contributed by atoms with Gasteiger partial charge in [0.1, 0.15) is 17.7 Å². The van der Waals surface area contributed by atoms with Gasteiger partial charge in [0, 0.05) is 61.2 Å². The topological polar surface area (TPSA) is 103 Å². The van der Waals surface area contributed by atoms with Gasteiger partial charge in [0.25, 0.3) is 0 Å². The molecule has 48 heavy (non-hydrogen) atoms. The number of aromatic nitrogens is 4. The first-order chi connectivity index (χ1) is 23.2. The van der Waals surface area contributed by atoms with E-state index in [-0.39, 0.29) is 30.1 Å². The Balaban J connectivity index is 1.14. The van der Waals surface area contributed by atoms with Gasteiger partial charge >= 0.3 is 6.09 Å². The number of nitrogens with zero attached hydrogens (tertiary/aromatic N) is 6. The molecule has 0 atom stereocenters. The number of hydrogen-bond donors (Lipinski definition) is 0. The fraction of sp³-hybridized carbons (Fsp3) is 0.605. The van der Waals surface area contributed by atoms with E-state index in [4.69, 9.17) is 19.4 Å². The monoisotopic (exact) mass is 656 g/mol. The van der Waals surface area contributed by atoms with Crippen LogP contribution >= 0.6 is 0 Å². The van der Waals surface area contributed by atoms with E-state index < -0.39 is 0 Å². The molecule has 0 spiro atoms. The molecule has 258 valence electrons. The number of hydrogen-bond acceptors (Lipinski definition) is 7. The lowest BCUT2D eigenvalue weighted by molar-refractivity contribution is -0.124. The van der Waals surface area contributed by atoms with Crippen LogP contribution in [-0.4, -0.2) is 69.5 Å². The predicted octanol–water partition coefficient (Wildman–Crippen LogP) is 7.58. The van der Waals surface area contributed by atoms with Crippen molar-refractivity contribution in [3.8, 4) is 16.9 Å². The fourth-order valence-corrected chi connectivity index (χ4v) is 7.56. The van der Waals surface area contributed by atoms with Crippen LogP contribution in [0.4, 0.5) is 10.6 Å². The average molecular weight is 657 g/mol. The summed E-state index contributed by atoms with van der Waals surface area (Å²) >= 11 is 0. The maximum atomic E-state index is 14.4. The number of carbonyl (C=O) groups is 2. The Labute approximate surface area is 285 Å². The van der Waals surface area contributed by atoms with Crippen LogP contribution in [0, 0.1) is 24.7 Å². The molecule has 2 saturated carbocycles. The number of rotatable bonds is 10. The lowest BCUT2D eigenvalue weighted by Gasteiger charge is -2.39. The van der Waals surface area contributed by atoms with Crippen molar-refractivity contribution in [2.24, 2.45) is 17.8 Å². The number of amides is 2. The molecule has 3 aliphatic rings. The first-order valence-corrected chi connectivity index (χ1v) is 18.0. The van der Waals surface area contributed by atoms with Crippen molar-refractivity contribution in [1.29, 1.82) is 0 Å². The van der Waals surface area contributed by atoms with Crippen molar-refractivity contribution >= 4 is 17.8 Å². The van der Waals surface area contributed by atoms with Gasteiger partial charge in [-0.25, -0.2) is 9.78 Å². The van der Waals surface area contributed by atoms with Crippen LogP contribution in [-0.2, 0) is 9.53 Å². The van der Waals surface area contributed by atoms with E-state index in [0.29, 0.717) is 55.8 Å².